The minimum absolute atomic E-state index is 0.208. The van der Waals surface area contributed by atoms with Gasteiger partial charge >= 0.3 is 24.3 Å². The average molecular weight is 595 g/mol. The molecule has 2 N–H and O–H groups in total. The van der Waals surface area contributed by atoms with Gasteiger partial charge in [-0.1, -0.05) is 12.1 Å². The summed E-state index contributed by atoms with van der Waals surface area (Å²) in [5.74, 6) is -3.56. The number of alkyl halides is 6. The Labute approximate surface area is 232 Å². The first-order valence-corrected chi connectivity index (χ1v) is 12.9. The summed E-state index contributed by atoms with van der Waals surface area (Å²) in [5.41, 5.74) is 3.36. The molecule has 0 amide bonds. The Morgan fingerprint density at radius 2 is 1.56 bits per heavy atom. The van der Waals surface area contributed by atoms with Gasteiger partial charge in [-0.05, 0) is 45.0 Å². The molecule has 1 saturated carbocycles. The number of benzene rings is 1. The fourth-order valence-electron chi connectivity index (χ4n) is 4.52. The Morgan fingerprint density at radius 1 is 1.02 bits per heavy atom. The van der Waals surface area contributed by atoms with Gasteiger partial charge in [0.05, 0.1) is 6.54 Å². The van der Waals surface area contributed by atoms with Gasteiger partial charge in [-0.15, -0.1) is 0 Å². The molecule has 1 aliphatic carbocycles. The maximum atomic E-state index is 10.6. The highest BCUT2D eigenvalue weighted by Crippen LogP contribution is 2.49. The number of carboxylic acid groups (broad SMARTS) is 2. The van der Waals surface area contributed by atoms with Crippen LogP contribution in [-0.2, 0) is 21.7 Å². The van der Waals surface area contributed by atoms with Gasteiger partial charge < -0.3 is 24.7 Å². The third-order valence-electron chi connectivity index (χ3n) is 6.84. The van der Waals surface area contributed by atoms with Crippen molar-refractivity contribution < 1.29 is 50.9 Å². The van der Waals surface area contributed by atoms with Gasteiger partial charge in [0.15, 0.2) is 0 Å². The van der Waals surface area contributed by atoms with Crippen LogP contribution >= 0.6 is 0 Å². The quantitative estimate of drug-likeness (QED) is 0.489. The highest BCUT2D eigenvalue weighted by molar-refractivity contribution is 5.74. The summed E-state index contributed by atoms with van der Waals surface area (Å²) in [4.78, 5) is 22.6. The molecule has 2 fully saturated rings. The molecule has 0 unspecified atom stereocenters. The van der Waals surface area contributed by atoms with E-state index in [1.165, 1.54) is 24.9 Å². The van der Waals surface area contributed by atoms with Crippen molar-refractivity contribution in [2.45, 2.75) is 50.2 Å². The predicted molar refractivity (Wildman–Crippen MR) is 134 cm³/mol. The highest BCUT2D eigenvalue weighted by atomic mass is 19.4. The number of carboxylic acids is 2. The van der Waals surface area contributed by atoms with Gasteiger partial charge in [0, 0.05) is 56.3 Å². The van der Waals surface area contributed by atoms with E-state index in [2.05, 4.69) is 59.0 Å². The van der Waals surface area contributed by atoms with Crippen LogP contribution in [0.15, 0.2) is 30.5 Å². The molecule has 0 radical (unpaired) electrons. The van der Waals surface area contributed by atoms with E-state index in [4.69, 9.17) is 29.6 Å². The molecule has 5 rings (SSSR count). The number of nitrogens with zero attached hydrogens (tertiary/aromatic N) is 4. The van der Waals surface area contributed by atoms with Crippen molar-refractivity contribution in [1.82, 2.24) is 19.6 Å². The zero-order valence-corrected chi connectivity index (χ0v) is 22.5. The SMILES string of the molecule is CN(C)CCn1cc2c(n1)-c1ccccc1OC21CCN(CC2CC2)CC1.O=C(O)C(F)(F)F.O=C(O)C(F)(F)F. The molecule has 228 valence electrons. The average Bonchev–Trinajstić information content (AvgIpc) is 3.58. The molecular weight excluding hydrogens is 562 g/mol. The molecule has 15 heteroatoms. The number of hydrogen-bond acceptors (Lipinski definition) is 6. The Kier molecular flexibility index (Phi) is 9.95. The minimum atomic E-state index is -5.08. The van der Waals surface area contributed by atoms with Crippen molar-refractivity contribution in [3.63, 3.8) is 0 Å². The number of halogens is 6. The second-order valence-electron chi connectivity index (χ2n) is 10.4. The van der Waals surface area contributed by atoms with E-state index in [1.807, 2.05) is 0 Å². The monoisotopic (exact) mass is 594 g/mol. The number of piperidine rings is 1. The summed E-state index contributed by atoms with van der Waals surface area (Å²) in [6, 6.07) is 8.41. The number of carbonyl (C=O) groups is 2. The van der Waals surface area contributed by atoms with E-state index in [1.54, 1.807) is 0 Å². The summed E-state index contributed by atoms with van der Waals surface area (Å²) in [6.07, 6.45) is -2.95. The van der Waals surface area contributed by atoms with Gasteiger partial charge in [-0.3, -0.25) is 4.68 Å². The van der Waals surface area contributed by atoms with E-state index < -0.39 is 24.3 Å². The molecule has 3 heterocycles. The first-order valence-electron chi connectivity index (χ1n) is 12.9. The van der Waals surface area contributed by atoms with Gasteiger partial charge in [0.1, 0.15) is 17.0 Å². The van der Waals surface area contributed by atoms with E-state index >= 15 is 0 Å². The number of rotatable bonds is 5. The molecule has 0 atom stereocenters. The van der Waals surface area contributed by atoms with Crippen molar-refractivity contribution in [3.05, 3.63) is 36.0 Å². The molecule has 41 heavy (non-hydrogen) atoms. The van der Waals surface area contributed by atoms with Crippen LogP contribution in [0.4, 0.5) is 26.3 Å². The van der Waals surface area contributed by atoms with E-state index in [9.17, 15) is 26.3 Å². The number of likely N-dealkylation sites (N-methyl/N-ethyl adjacent to an activating group) is 1. The summed E-state index contributed by atoms with van der Waals surface area (Å²) < 4.78 is 72.3. The molecule has 2 aromatic rings. The third-order valence-corrected chi connectivity index (χ3v) is 6.84. The van der Waals surface area contributed by atoms with Gasteiger partial charge in [0.2, 0.25) is 0 Å². The van der Waals surface area contributed by atoms with E-state index in [0.717, 1.165) is 61.9 Å². The Bertz CT molecular complexity index is 1180. The lowest BCUT2D eigenvalue weighted by atomic mass is 9.81. The molecular formula is C26H32F6N4O5. The first-order chi connectivity index (χ1) is 19.0. The fourth-order valence-corrected chi connectivity index (χ4v) is 4.52. The maximum Gasteiger partial charge on any atom is 0.490 e. The van der Waals surface area contributed by atoms with Crippen molar-refractivity contribution in [2.24, 2.45) is 5.92 Å². The Balaban J connectivity index is 0.000000276. The first kappa shape index (κ1) is 32.2. The van der Waals surface area contributed by atoms with Crippen LogP contribution in [0, 0.1) is 5.92 Å². The van der Waals surface area contributed by atoms with Crippen molar-refractivity contribution >= 4 is 11.9 Å². The molecule has 1 saturated heterocycles. The van der Waals surface area contributed by atoms with Crippen LogP contribution in [0.3, 0.4) is 0 Å². The second kappa shape index (κ2) is 12.7. The van der Waals surface area contributed by atoms with Crippen molar-refractivity contribution in [1.29, 1.82) is 0 Å². The topological polar surface area (TPSA) is 108 Å². The Hall–Kier alpha value is -3.33. The number of hydrogen-bond donors (Lipinski definition) is 2. The second-order valence-corrected chi connectivity index (χ2v) is 10.4. The number of para-hydroxylation sites is 1. The Morgan fingerprint density at radius 3 is 2.05 bits per heavy atom. The molecule has 0 bridgehead atoms. The zero-order chi connectivity index (χ0) is 30.6. The van der Waals surface area contributed by atoms with E-state index in [0.29, 0.717) is 0 Å². The molecule has 2 aliphatic heterocycles. The standard InChI is InChI=1S/C22H30N4O.2C2HF3O2/c1-24(2)13-14-26-16-19-21(23-26)18-5-3-4-6-20(18)27-22(19)9-11-25(12-10-22)15-17-7-8-17;2*3-2(4,5)1(6)7/h3-6,16-17H,7-15H2,1-2H3;2*(H,6,7). The number of aliphatic carboxylic acids is 2. The lowest BCUT2D eigenvalue weighted by molar-refractivity contribution is -0.193. The fraction of sp³-hybridized carbons (Fsp3) is 0.577. The van der Waals surface area contributed by atoms with Crippen molar-refractivity contribution in [3.8, 4) is 17.0 Å². The van der Waals surface area contributed by atoms with Gasteiger partial charge in [-0.25, -0.2) is 9.59 Å². The molecule has 3 aliphatic rings. The smallest absolute Gasteiger partial charge is 0.482 e. The zero-order valence-electron chi connectivity index (χ0n) is 22.5. The largest absolute Gasteiger partial charge is 0.490 e. The van der Waals surface area contributed by atoms with Crippen LogP contribution in [0.5, 0.6) is 5.75 Å². The summed E-state index contributed by atoms with van der Waals surface area (Å²) >= 11 is 0. The highest BCUT2D eigenvalue weighted by Gasteiger charge is 2.45. The van der Waals surface area contributed by atoms with Crippen LogP contribution in [0.1, 0.15) is 31.2 Å². The predicted octanol–water partition coefficient (Wildman–Crippen LogP) is 4.47. The van der Waals surface area contributed by atoms with Crippen molar-refractivity contribution in [2.75, 3.05) is 40.3 Å². The molecule has 9 nitrogen and oxygen atoms in total. The number of likely N-dealkylation sites (tertiary alicyclic amines) is 1. The summed E-state index contributed by atoms with van der Waals surface area (Å²) in [6.45, 7) is 5.43. The lowest BCUT2D eigenvalue weighted by Crippen LogP contribution is -2.47. The molecule has 1 spiro atoms. The third kappa shape index (κ3) is 8.83. The lowest BCUT2D eigenvalue weighted by Gasteiger charge is -2.44. The number of fused-ring (bicyclic) bond motifs is 4. The number of ether oxygens (including phenoxy) is 1. The van der Waals surface area contributed by atoms with Gasteiger partial charge in [-0.2, -0.15) is 31.4 Å². The van der Waals surface area contributed by atoms with E-state index in [-0.39, 0.29) is 5.60 Å². The summed E-state index contributed by atoms with van der Waals surface area (Å²) in [5, 5.41) is 19.2. The van der Waals surface area contributed by atoms with Crippen LogP contribution < -0.4 is 4.74 Å². The molecule has 1 aromatic heterocycles. The number of aromatic nitrogens is 2. The van der Waals surface area contributed by atoms with Crippen LogP contribution in [-0.4, -0.2) is 94.4 Å². The van der Waals surface area contributed by atoms with Crippen LogP contribution in [0.25, 0.3) is 11.3 Å². The summed E-state index contributed by atoms with van der Waals surface area (Å²) in [7, 11) is 4.22. The minimum Gasteiger partial charge on any atom is -0.482 e. The normalized spacial score (nSPS) is 17.8. The maximum absolute atomic E-state index is 10.6. The molecule has 1 aromatic carbocycles. The van der Waals surface area contributed by atoms with Crippen LogP contribution in [0.2, 0.25) is 0 Å². The van der Waals surface area contributed by atoms with Gasteiger partial charge in [0.25, 0.3) is 0 Å².